The molecule has 0 aliphatic rings. The zero-order chi connectivity index (χ0) is 13.0. The van der Waals surface area contributed by atoms with Crippen molar-refractivity contribution in [3.8, 4) is 0 Å². The summed E-state index contributed by atoms with van der Waals surface area (Å²) in [5.41, 5.74) is 1.74. The van der Waals surface area contributed by atoms with Crippen molar-refractivity contribution in [1.82, 2.24) is 10.3 Å². The van der Waals surface area contributed by atoms with Crippen molar-refractivity contribution in [2.75, 3.05) is 0 Å². The van der Waals surface area contributed by atoms with Gasteiger partial charge in [-0.05, 0) is 18.9 Å². The second kappa shape index (κ2) is 5.71. The van der Waals surface area contributed by atoms with Crippen LogP contribution in [0.25, 0.3) is 10.9 Å². The van der Waals surface area contributed by atoms with Crippen molar-refractivity contribution in [2.45, 2.75) is 39.2 Å². The molecule has 1 unspecified atom stereocenters. The average molecular weight is 244 g/mol. The van der Waals surface area contributed by atoms with Gasteiger partial charge in [0.2, 0.25) is 0 Å². The van der Waals surface area contributed by atoms with Crippen LogP contribution < -0.4 is 5.32 Å². The maximum Gasteiger partial charge on any atom is 0.253 e. The minimum absolute atomic E-state index is 0.0211. The Bertz CT molecular complexity index is 530. The van der Waals surface area contributed by atoms with E-state index < -0.39 is 0 Å². The Kier molecular flexibility index (Phi) is 4.03. The highest BCUT2D eigenvalue weighted by Crippen LogP contribution is 2.17. The van der Waals surface area contributed by atoms with Gasteiger partial charge in [0.15, 0.2) is 0 Å². The van der Waals surface area contributed by atoms with E-state index in [4.69, 9.17) is 0 Å². The zero-order valence-electron chi connectivity index (χ0n) is 11.0. The molecule has 2 aromatic rings. The minimum atomic E-state index is 0.0211. The lowest BCUT2D eigenvalue weighted by atomic mass is 10.1. The molecule has 3 heteroatoms. The Labute approximate surface area is 108 Å². The summed E-state index contributed by atoms with van der Waals surface area (Å²) in [4.78, 5) is 15.4. The summed E-state index contributed by atoms with van der Waals surface area (Å²) in [5.74, 6) is 0.0211. The SMILES string of the molecule is CCCC(CC)NC(=O)c1c[nH]c2ccccc12. The van der Waals surface area contributed by atoms with Gasteiger partial charge >= 0.3 is 0 Å². The molecular weight excluding hydrogens is 224 g/mol. The number of benzene rings is 1. The van der Waals surface area contributed by atoms with Gasteiger partial charge in [0, 0.05) is 23.1 Å². The maximum atomic E-state index is 12.2. The molecule has 1 amide bonds. The fourth-order valence-electron chi connectivity index (χ4n) is 2.25. The van der Waals surface area contributed by atoms with Gasteiger partial charge in [0.25, 0.3) is 5.91 Å². The number of amides is 1. The molecule has 0 saturated carbocycles. The van der Waals surface area contributed by atoms with Crippen LogP contribution in [-0.2, 0) is 0 Å². The van der Waals surface area contributed by atoms with Crippen molar-refractivity contribution in [1.29, 1.82) is 0 Å². The summed E-state index contributed by atoms with van der Waals surface area (Å²) < 4.78 is 0. The van der Waals surface area contributed by atoms with Crippen molar-refractivity contribution < 1.29 is 4.79 Å². The minimum Gasteiger partial charge on any atom is -0.360 e. The maximum absolute atomic E-state index is 12.2. The molecule has 0 spiro atoms. The third kappa shape index (κ3) is 2.55. The molecule has 0 fully saturated rings. The highest BCUT2D eigenvalue weighted by Gasteiger charge is 2.14. The number of para-hydroxylation sites is 1. The summed E-state index contributed by atoms with van der Waals surface area (Å²) >= 11 is 0. The van der Waals surface area contributed by atoms with Crippen LogP contribution >= 0.6 is 0 Å². The fourth-order valence-corrected chi connectivity index (χ4v) is 2.25. The van der Waals surface area contributed by atoms with Gasteiger partial charge in [-0.25, -0.2) is 0 Å². The molecule has 1 aromatic heterocycles. The van der Waals surface area contributed by atoms with Crippen molar-refractivity contribution in [3.63, 3.8) is 0 Å². The van der Waals surface area contributed by atoms with Crippen molar-refractivity contribution in [3.05, 3.63) is 36.0 Å². The van der Waals surface area contributed by atoms with Gasteiger partial charge in [-0.15, -0.1) is 0 Å². The van der Waals surface area contributed by atoms with E-state index in [1.54, 1.807) is 6.20 Å². The van der Waals surface area contributed by atoms with E-state index in [-0.39, 0.29) is 11.9 Å². The Balaban J connectivity index is 2.18. The number of H-pyrrole nitrogens is 1. The number of hydrogen-bond acceptors (Lipinski definition) is 1. The predicted octanol–water partition coefficient (Wildman–Crippen LogP) is 3.48. The molecule has 1 atom stereocenters. The Morgan fingerprint density at radius 1 is 1.33 bits per heavy atom. The summed E-state index contributed by atoms with van der Waals surface area (Å²) in [6.07, 6.45) is 4.89. The number of aromatic amines is 1. The molecule has 3 nitrogen and oxygen atoms in total. The molecule has 2 N–H and O–H groups in total. The number of carbonyl (C=O) groups excluding carboxylic acids is 1. The Hall–Kier alpha value is -1.77. The molecule has 2 rings (SSSR count). The number of carbonyl (C=O) groups is 1. The van der Waals surface area contributed by atoms with E-state index in [0.717, 1.165) is 35.7 Å². The molecule has 0 bridgehead atoms. The Morgan fingerprint density at radius 3 is 2.83 bits per heavy atom. The Morgan fingerprint density at radius 2 is 2.11 bits per heavy atom. The smallest absolute Gasteiger partial charge is 0.253 e. The van der Waals surface area contributed by atoms with E-state index in [9.17, 15) is 4.79 Å². The predicted molar refractivity (Wildman–Crippen MR) is 74.8 cm³/mol. The fraction of sp³-hybridized carbons (Fsp3) is 0.400. The van der Waals surface area contributed by atoms with E-state index in [1.165, 1.54) is 0 Å². The van der Waals surface area contributed by atoms with Crippen LogP contribution in [0, 0.1) is 0 Å². The first-order valence-corrected chi connectivity index (χ1v) is 6.63. The van der Waals surface area contributed by atoms with Crippen LogP contribution in [-0.4, -0.2) is 16.9 Å². The first kappa shape index (κ1) is 12.7. The normalized spacial score (nSPS) is 12.6. The average Bonchev–Trinajstić information content (AvgIpc) is 2.82. The molecule has 1 aromatic carbocycles. The highest BCUT2D eigenvalue weighted by molar-refractivity contribution is 6.06. The van der Waals surface area contributed by atoms with Gasteiger partial charge in [0.05, 0.1) is 5.56 Å². The molecule has 0 aliphatic heterocycles. The first-order valence-electron chi connectivity index (χ1n) is 6.63. The molecule has 0 saturated heterocycles. The van der Waals surface area contributed by atoms with E-state index in [1.807, 2.05) is 24.3 Å². The van der Waals surface area contributed by atoms with E-state index in [2.05, 4.69) is 24.1 Å². The first-order chi connectivity index (χ1) is 8.76. The zero-order valence-corrected chi connectivity index (χ0v) is 11.0. The van der Waals surface area contributed by atoms with Crippen LogP contribution in [0.15, 0.2) is 30.5 Å². The highest BCUT2D eigenvalue weighted by atomic mass is 16.1. The number of nitrogens with one attached hydrogen (secondary N) is 2. The van der Waals surface area contributed by atoms with E-state index in [0.29, 0.717) is 0 Å². The number of fused-ring (bicyclic) bond motifs is 1. The van der Waals surface area contributed by atoms with Gasteiger partial charge in [-0.2, -0.15) is 0 Å². The monoisotopic (exact) mass is 244 g/mol. The lowest BCUT2D eigenvalue weighted by Gasteiger charge is -2.15. The quantitative estimate of drug-likeness (QED) is 0.831. The molecule has 96 valence electrons. The lowest BCUT2D eigenvalue weighted by Crippen LogP contribution is -2.34. The van der Waals surface area contributed by atoms with Crippen LogP contribution in [0.5, 0.6) is 0 Å². The molecule has 0 radical (unpaired) electrons. The van der Waals surface area contributed by atoms with Gasteiger partial charge < -0.3 is 10.3 Å². The second-order valence-corrected chi connectivity index (χ2v) is 4.62. The molecular formula is C15H20N2O. The van der Waals surface area contributed by atoms with Crippen molar-refractivity contribution in [2.24, 2.45) is 0 Å². The van der Waals surface area contributed by atoms with Crippen molar-refractivity contribution >= 4 is 16.8 Å². The molecule has 18 heavy (non-hydrogen) atoms. The largest absolute Gasteiger partial charge is 0.360 e. The van der Waals surface area contributed by atoms with Gasteiger partial charge in [-0.3, -0.25) is 4.79 Å². The van der Waals surface area contributed by atoms with Crippen LogP contribution in [0.2, 0.25) is 0 Å². The van der Waals surface area contributed by atoms with E-state index >= 15 is 0 Å². The van der Waals surface area contributed by atoms with Crippen LogP contribution in [0.1, 0.15) is 43.5 Å². The number of aromatic nitrogens is 1. The van der Waals surface area contributed by atoms with Crippen LogP contribution in [0.3, 0.4) is 0 Å². The summed E-state index contributed by atoms with van der Waals surface area (Å²) in [7, 11) is 0. The topological polar surface area (TPSA) is 44.9 Å². The lowest BCUT2D eigenvalue weighted by molar-refractivity contribution is 0.0935. The second-order valence-electron chi connectivity index (χ2n) is 4.62. The number of hydrogen-bond donors (Lipinski definition) is 2. The molecule has 0 aliphatic carbocycles. The third-order valence-corrected chi connectivity index (χ3v) is 3.30. The summed E-state index contributed by atoms with van der Waals surface area (Å²) in [5, 5.41) is 4.09. The summed E-state index contributed by atoms with van der Waals surface area (Å²) in [6, 6.07) is 8.15. The van der Waals surface area contributed by atoms with Crippen LogP contribution in [0.4, 0.5) is 0 Å². The van der Waals surface area contributed by atoms with Gasteiger partial charge in [0.1, 0.15) is 0 Å². The standard InChI is InChI=1S/C15H20N2O/c1-3-7-11(4-2)17-15(18)13-10-16-14-9-6-5-8-12(13)14/h5-6,8-11,16H,3-4,7H2,1-2H3,(H,17,18). The van der Waals surface area contributed by atoms with Gasteiger partial charge in [-0.1, -0.05) is 38.5 Å². The summed E-state index contributed by atoms with van der Waals surface area (Å²) in [6.45, 7) is 4.25. The number of rotatable bonds is 5. The molecule has 1 heterocycles. The third-order valence-electron chi connectivity index (χ3n) is 3.30.